The van der Waals surface area contributed by atoms with Crippen LogP contribution in [0.15, 0.2) is 66.9 Å². The molecule has 1 saturated heterocycles. The molecule has 0 spiro atoms. The topological polar surface area (TPSA) is 184 Å². The quantitative estimate of drug-likeness (QED) is 0.102. The molecule has 0 saturated carbocycles. The van der Waals surface area contributed by atoms with Crippen molar-refractivity contribution in [2.24, 2.45) is 5.41 Å². The highest BCUT2D eigenvalue weighted by atomic mass is 16.5. The molecule has 2 aromatic heterocycles. The maximum Gasteiger partial charge on any atom is 0.407 e. The smallest absolute Gasteiger partial charge is 0.407 e. The van der Waals surface area contributed by atoms with Gasteiger partial charge in [0, 0.05) is 29.9 Å². The number of fused-ring (bicyclic) bond motifs is 6. The summed E-state index contributed by atoms with van der Waals surface area (Å²) in [5.74, 6) is 1.77. The van der Waals surface area contributed by atoms with Crippen LogP contribution >= 0.6 is 0 Å². The first-order chi connectivity index (χ1) is 30.3. The lowest BCUT2D eigenvalue weighted by Crippen LogP contribution is -2.54. The van der Waals surface area contributed by atoms with Crippen LogP contribution in [0.4, 0.5) is 9.59 Å². The van der Waals surface area contributed by atoms with Gasteiger partial charge in [-0.2, -0.15) is 0 Å². The van der Waals surface area contributed by atoms with Crippen molar-refractivity contribution in [3.05, 3.63) is 101 Å². The van der Waals surface area contributed by atoms with Crippen molar-refractivity contribution in [1.29, 1.82) is 0 Å². The summed E-state index contributed by atoms with van der Waals surface area (Å²) in [7, 11) is 2.57. The van der Waals surface area contributed by atoms with E-state index in [4.69, 9.17) is 24.2 Å². The molecule has 15 nitrogen and oxygen atoms in total. The van der Waals surface area contributed by atoms with Crippen LogP contribution in [0, 0.1) is 5.41 Å². The van der Waals surface area contributed by atoms with Crippen LogP contribution in [-0.2, 0) is 38.5 Å². The van der Waals surface area contributed by atoms with Crippen LogP contribution in [0.5, 0.6) is 5.75 Å². The van der Waals surface area contributed by atoms with Gasteiger partial charge in [0.25, 0.3) is 5.91 Å². The Morgan fingerprint density at radius 2 is 1.70 bits per heavy atom. The zero-order valence-electron chi connectivity index (χ0n) is 37.0. The van der Waals surface area contributed by atoms with Gasteiger partial charge in [-0.3, -0.25) is 9.59 Å². The second kappa shape index (κ2) is 17.6. The van der Waals surface area contributed by atoms with E-state index in [1.165, 1.54) is 19.8 Å². The number of hydrogen-bond donors (Lipinski definition) is 4. The molecule has 0 radical (unpaired) electrons. The first-order valence-corrected chi connectivity index (χ1v) is 21.7. The lowest BCUT2D eigenvalue weighted by atomic mass is 9.85. The van der Waals surface area contributed by atoms with Crippen molar-refractivity contribution in [3.8, 4) is 39.4 Å². The summed E-state index contributed by atoms with van der Waals surface area (Å²) >= 11 is 0. The summed E-state index contributed by atoms with van der Waals surface area (Å²) in [5.41, 5.74) is 9.20. The highest BCUT2D eigenvalue weighted by Gasteiger charge is 2.42. The van der Waals surface area contributed by atoms with Crippen LogP contribution in [-0.4, -0.2) is 87.1 Å². The minimum atomic E-state index is -0.930. The van der Waals surface area contributed by atoms with E-state index < -0.39 is 35.7 Å². The molecular formula is C48H56N8O7. The second-order valence-corrected chi connectivity index (χ2v) is 17.6. The number of imidazole rings is 2. The van der Waals surface area contributed by atoms with Crippen molar-refractivity contribution in [2.75, 3.05) is 27.3 Å². The first-order valence-electron chi connectivity index (χ1n) is 21.7. The van der Waals surface area contributed by atoms with Crippen molar-refractivity contribution in [1.82, 2.24) is 40.4 Å². The van der Waals surface area contributed by atoms with E-state index in [9.17, 15) is 19.2 Å². The molecule has 5 aromatic rings. The van der Waals surface area contributed by atoms with Crippen molar-refractivity contribution < 1.29 is 33.4 Å². The van der Waals surface area contributed by atoms with E-state index >= 15 is 0 Å². The zero-order valence-corrected chi connectivity index (χ0v) is 37.0. The number of aryl methyl sites for hydroxylation is 2. The Morgan fingerprint density at radius 1 is 0.937 bits per heavy atom. The zero-order chi connectivity index (χ0) is 44.6. The van der Waals surface area contributed by atoms with Gasteiger partial charge in [0.15, 0.2) is 0 Å². The largest absolute Gasteiger partial charge is 0.488 e. The number of hydrogen-bond acceptors (Lipinski definition) is 9. The molecule has 4 heterocycles. The number of nitrogens with zero attached hydrogens (tertiary/aromatic N) is 4. The lowest BCUT2D eigenvalue weighted by Gasteiger charge is -2.35. The van der Waals surface area contributed by atoms with Gasteiger partial charge in [-0.1, -0.05) is 70.2 Å². The van der Waals surface area contributed by atoms with Gasteiger partial charge in [-0.05, 0) is 90.5 Å². The van der Waals surface area contributed by atoms with Gasteiger partial charge >= 0.3 is 12.2 Å². The number of alkyl carbamates (subject to hydrolysis) is 2. The minimum absolute atomic E-state index is 0.147. The average Bonchev–Trinajstić information content (AvgIpc) is 4.08. The van der Waals surface area contributed by atoms with E-state index in [0.717, 1.165) is 82.2 Å². The number of H-pyrrole nitrogens is 2. The molecule has 1 fully saturated rings. The van der Waals surface area contributed by atoms with Gasteiger partial charge < -0.3 is 44.6 Å². The highest BCUT2D eigenvalue weighted by Crippen LogP contribution is 2.45. The number of carbonyl (C=O) groups is 4. The second-order valence-electron chi connectivity index (χ2n) is 17.6. The summed E-state index contributed by atoms with van der Waals surface area (Å²) in [6.45, 7) is 11.2. The fourth-order valence-corrected chi connectivity index (χ4v) is 9.09. The Kier molecular flexibility index (Phi) is 12.0. The molecule has 2 aliphatic heterocycles. The van der Waals surface area contributed by atoms with E-state index in [1.54, 1.807) is 11.1 Å². The molecule has 4 N–H and O–H groups in total. The summed E-state index contributed by atoms with van der Waals surface area (Å²) in [6.07, 6.45) is 4.39. The van der Waals surface area contributed by atoms with Gasteiger partial charge in [-0.15, -0.1) is 0 Å². The molecule has 1 aliphatic carbocycles. The van der Waals surface area contributed by atoms with Gasteiger partial charge in [-0.25, -0.2) is 19.6 Å². The molecule has 0 bridgehead atoms. The highest BCUT2D eigenvalue weighted by molar-refractivity contribution is 5.88. The summed E-state index contributed by atoms with van der Waals surface area (Å²) in [5, 5.41) is 5.49. The Labute approximate surface area is 367 Å². The molecule has 15 heteroatoms. The number of aromatic amines is 2. The molecule has 4 unspecified atom stereocenters. The molecule has 8 rings (SSSR count). The third-order valence-electron chi connectivity index (χ3n) is 12.4. The molecule has 3 aliphatic rings. The van der Waals surface area contributed by atoms with Gasteiger partial charge in [0.05, 0.1) is 43.9 Å². The number of aromatic nitrogens is 4. The molecule has 63 heavy (non-hydrogen) atoms. The fourth-order valence-electron chi connectivity index (χ4n) is 9.09. The lowest BCUT2D eigenvalue weighted by molar-refractivity contribution is -0.137. The van der Waals surface area contributed by atoms with Crippen LogP contribution in [0.1, 0.15) is 106 Å². The van der Waals surface area contributed by atoms with Crippen LogP contribution in [0.25, 0.3) is 33.6 Å². The first kappa shape index (κ1) is 43.0. The molecular weight excluding hydrogens is 801 g/mol. The SMILES string of the molecule is CCCN(C(=O)C(NC(=O)OC)c1ccccc1)C(C)c1ncc(-c2ccc3c(c2)COc2cc4c(cc2-3)CCc2[nH]c(C3CCCN3C(=O)C(NC(=O)OC)C(C)(C)C)nc2-4)[nH]1. The summed E-state index contributed by atoms with van der Waals surface area (Å²) in [4.78, 5) is 73.2. The number of rotatable bonds is 11. The van der Waals surface area contributed by atoms with Crippen LogP contribution < -0.4 is 15.4 Å². The van der Waals surface area contributed by atoms with E-state index in [-0.39, 0.29) is 17.9 Å². The third kappa shape index (κ3) is 8.48. The van der Waals surface area contributed by atoms with Crippen molar-refractivity contribution in [2.45, 2.75) is 97.5 Å². The predicted molar refractivity (Wildman–Crippen MR) is 236 cm³/mol. The molecule has 4 atom stereocenters. The van der Waals surface area contributed by atoms with E-state index in [1.807, 2.05) is 69.9 Å². The normalized spacial score (nSPS) is 16.6. The van der Waals surface area contributed by atoms with Gasteiger partial charge in [0.1, 0.15) is 36.1 Å². The predicted octanol–water partition coefficient (Wildman–Crippen LogP) is 7.96. The minimum Gasteiger partial charge on any atom is -0.488 e. The number of benzene rings is 3. The van der Waals surface area contributed by atoms with E-state index in [0.29, 0.717) is 37.5 Å². The van der Waals surface area contributed by atoms with Crippen LogP contribution in [0.2, 0.25) is 0 Å². The molecule has 4 amide bonds. The number of carbonyl (C=O) groups excluding carboxylic acids is 4. The Hall–Kier alpha value is -6.64. The maximum absolute atomic E-state index is 14.1. The molecule has 3 aromatic carbocycles. The average molecular weight is 857 g/mol. The van der Waals surface area contributed by atoms with E-state index in [2.05, 4.69) is 50.9 Å². The Balaban J connectivity index is 1.01. The monoisotopic (exact) mass is 856 g/mol. The fraction of sp³-hybridized carbons (Fsp3) is 0.417. The standard InChI is InChI=1S/C48H56N8O7/c1-8-20-55(44(57)39(53-46(59)61-6)28-13-10-9-11-14-28)27(2)42-49-25-36(51-42)30-16-18-32-31(22-30)26-63-38-24-33-29(23-34(32)38)17-19-35-40(33)52-43(50-35)37-15-12-21-56(37)45(58)41(48(3,4)5)54-47(60)62-7/h9-11,13-14,16,18,22-25,27,37,39,41H,8,12,15,17,19-21,26H2,1-7H3,(H,49,51)(H,50,52)(H,53,59)(H,54,60). The number of ether oxygens (including phenoxy) is 3. The van der Waals surface area contributed by atoms with Crippen molar-refractivity contribution >= 4 is 24.0 Å². The number of amides is 4. The molecule has 330 valence electrons. The number of methoxy groups -OCH3 is 2. The summed E-state index contributed by atoms with van der Waals surface area (Å²) in [6, 6.07) is 17.5. The Bertz CT molecular complexity index is 2520. The summed E-state index contributed by atoms with van der Waals surface area (Å²) < 4.78 is 16.2. The van der Waals surface area contributed by atoms with Crippen molar-refractivity contribution in [3.63, 3.8) is 0 Å². The number of nitrogens with one attached hydrogen (secondary N) is 4. The Morgan fingerprint density at radius 3 is 2.43 bits per heavy atom. The van der Waals surface area contributed by atoms with Gasteiger partial charge in [0.2, 0.25) is 5.91 Å². The maximum atomic E-state index is 14.1. The van der Waals surface area contributed by atoms with Crippen LogP contribution in [0.3, 0.4) is 0 Å². The third-order valence-corrected chi connectivity index (χ3v) is 12.4. The number of likely N-dealkylation sites (tertiary alicyclic amines) is 1.